The third kappa shape index (κ3) is 4.88. The first-order chi connectivity index (χ1) is 8.15. The Kier molecular flexibility index (Phi) is 6.23. The van der Waals surface area contributed by atoms with Gasteiger partial charge in [-0.25, -0.2) is 0 Å². The largest absolute Gasteiger partial charge is 0.316 e. The monoisotopic (exact) mass is 234 g/mol. The van der Waals surface area contributed by atoms with Crippen LogP contribution in [0.5, 0.6) is 0 Å². The van der Waals surface area contributed by atoms with Crippen LogP contribution in [0.15, 0.2) is 30.3 Å². The minimum Gasteiger partial charge on any atom is -0.316 e. The third-order valence-corrected chi connectivity index (χ3v) is 3.06. The molecule has 0 bridgehead atoms. The van der Waals surface area contributed by atoms with E-state index in [0.29, 0.717) is 17.9 Å². The first-order valence-corrected chi connectivity index (χ1v) is 6.58. The summed E-state index contributed by atoms with van der Waals surface area (Å²) in [5, 5.41) is 6.95. The molecular formula is C15H26N2. The van der Waals surface area contributed by atoms with Gasteiger partial charge in [-0.15, -0.1) is 0 Å². The van der Waals surface area contributed by atoms with Crippen LogP contribution in [0.25, 0.3) is 0 Å². The Hall–Kier alpha value is -0.860. The molecule has 96 valence electrons. The summed E-state index contributed by atoms with van der Waals surface area (Å²) in [6.07, 6.45) is 0. The molecule has 0 unspecified atom stereocenters. The zero-order valence-electron chi connectivity index (χ0n) is 11.5. The molecule has 1 aromatic rings. The molecule has 2 N–H and O–H groups in total. The molecule has 2 heteroatoms. The average Bonchev–Trinajstić information content (AvgIpc) is 2.31. The minimum absolute atomic E-state index is 0.427. The van der Waals surface area contributed by atoms with Crippen LogP contribution in [0.2, 0.25) is 0 Å². The predicted molar refractivity (Wildman–Crippen MR) is 75.1 cm³/mol. The Balaban J connectivity index is 2.50. The number of benzene rings is 1. The zero-order chi connectivity index (χ0) is 12.7. The highest BCUT2D eigenvalue weighted by atomic mass is 14.9. The number of hydrogen-bond acceptors (Lipinski definition) is 2. The zero-order valence-corrected chi connectivity index (χ0v) is 11.5. The predicted octanol–water partition coefficient (Wildman–Crippen LogP) is 2.83. The van der Waals surface area contributed by atoms with Crippen LogP contribution in [-0.4, -0.2) is 20.1 Å². The molecule has 1 rings (SSSR count). The molecule has 1 aromatic carbocycles. The van der Waals surface area contributed by atoms with E-state index in [1.165, 1.54) is 5.56 Å². The van der Waals surface area contributed by atoms with Crippen molar-refractivity contribution in [2.24, 2.45) is 11.8 Å². The lowest BCUT2D eigenvalue weighted by Crippen LogP contribution is -2.33. The lowest BCUT2D eigenvalue weighted by molar-refractivity contribution is 0.379. The molecule has 2 atom stereocenters. The van der Waals surface area contributed by atoms with Crippen molar-refractivity contribution in [1.82, 2.24) is 10.6 Å². The molecule has 0 aliphatic carbocycles. The summed E-state index contributed by atoms with van der Waals surface area (Å²) in [6.45, 7) is 8.92. The van der Waals surface area contributed by atoms with E-state index in [0.717, 1.165) is 13.1 Å². The van der Waals surface area contributed by atoms with Crippen molar-refractivity contribution < 1.29 is 0 Å². The molecule has 0 saturated carbocycles. The molecule has 0 radical (unpaired) electrons. The highest BCUT2D eigenvalue weighted by Crippen LogP contribution is 2.20. The first-order valence-electron chi connectivity index (χ1n) is 6.58. The van der Waals surface area contributed by atoms with E-state index in [1.54, 1.807) is 0 Å². The van der Waals surface area contributed by atoms with Crippen molar-refractivity contribution in [3.05, 3.63) is 35.9 Å². The van der Waals surface area contributed by atoms with Crippen LogP contribution in [0, 0.1) is 11.8 Å². The Labute approximate surface area is 106 Å². The fraction of sp³-hybridized carbons (Fsp3) is 0.600. The van der Waals surface area contributed by atoms with E-state index in [2.05, 4.69) is 61.7 Å². The smallest absolute Gasteiger partial charge is 0.0355 e. The van der Waals surface area contributed by atoms with Gasteiger partial charge in [0.1, 0.15) is 0 Å². The van der Waals surface area contributed by atoms with E-state index in [4.69, 9.17) is 0 Å². The van der Waals surface area contributed by atoms with Crippen molar-refractivity contribution in [1.29, 1.82) is 0 Å². The number of rotatable bonds is 7. The Morgan fingerprint density at radius 1 is 1.00 bits per heavy atom. The van der Waals surface area contributed by atoms with Gasteiger partial charge in [-0.1, -0.05) is 51.1 Å². The molecule has 0 aromatic heterocycles. The van der Waals surface area contributed by atoms with Gasteiger partial charge >= 0.3 is 0 Å². The van der Waals surface area contributed by atoms with Crippen LogP contribution in [0.1, 0.15) is 32.4 Å². The van der Waals surface area contributed by atoms with Crippen molar-refractivity contribution in [2.45, 2.75) is 26.8 Å². The molecule has 17 heavy (non-hydrogen) atoms. The Morgan fingerprint density at radius 2 is 1.65 bits per heavy atom. The van der Waals surface area contributed by atoms with Crippen molar-refractivity contribution in [3.63, 3.8) is 0 Å². The molecule has 0 heterocycles. The molecule has 0 spiro atoms. The average molecular weight is 234 g/mol. The van der Waals surface area contributed by atoms with E-state index in [-0.39, 0.29) is 0 Å². The molecule has 2 nitrogen and oxygen atoms in total. The fourth-order valence-electron chi connectivity index (χ4n) is 2.16. The molecule has 0 amide bonds. The van der Waals surface area contributed by atoms with E-state index >= 15 is 0 Å². The van der Waals surface area contributed by atoms with E-state index in [9.17, 15) is 0 Å². The quantitative estimate of drug-likeness (QED) is 0.758. The van der Waals surface area contributed by atoms with Crippen LogP contribution >= 0.6 is 0 Å². The van der Waals surface area contributed by atoms with Crippen molar-refractivity contribution in [2.75, 3.05) is 20.1 Å². The van der Waals surface area contributed by atoms with Gasteiger partial charge < -0.3 is 10.6 Å². The lowest BCUT2D eigenvalue weighted by atomic mass is 9.94. The van der Waals surface area contributed by atoms with Gasteiger partial charge in [0, 0.05) is 6.04 Å². The maximum Gasteiger partial charge on any atom is 0.0355 e. The van der Waals surface area contributed by atoms with Gasteiger partial charge in [0.2, 0.25) is 0 Å². The number of hydrogen-bond donors (Lipinski definition) is 2. The van der Waals surface area contributed by atoms with Gasteiger partial charge in [0.15, 0.2) is 0 Å². The highest BCUT2D eigenvalue weighted by Gasteiger charge is 2.16. The van der Waals surface area contributed by atoms with Gasteiger partial charge in [0.05, 0.1) is 0 Å². The first kappa shape index (κ1) is 14.2. The van der Waals surface area contributed by atoms with Crippen molar-refractivity contribution in [3.8, 4) is 0 Å². The van der Waals surface area contributed by atoms with E-state index < -0.39 is 0 Å². The Bertz CT molecular complexity index is 295. The van der Waals surface area contributed by atoms with Crippen LogP contribution in [0.3, 0.4) is 0 Å². The van der Waals surface area contributed by atoms with Crippen molar-refractivity contribution >= 4 is 0 Å². The minimum atomic E-state index is 0.427. The summed E-state index contributed by atoms with van der Waals surface area (Å²) in [4.78, 5) is 0. The van der Waals surface area contributed by atoms with E-state index in [1.807, 2.05) is 7.05 Å². The molecule has 0 saturated heterocycles. The summed E-state index contributed by atoms with van der Waals surface area (Å²) in [6, 6.07) is 11.1. The lowest BCUT2D eigenvalue weighted by Gasteiger charge is -2.24. The fourth-order valence-corrected chi connectivity index (χ4v) is 2.16. The molecule has 0 aliphatic rings. The molecule has 0 aliphatic heterocycles. The maximum atomic E-state index is 3.53. The van der Waals surface area contributed by atoms with Crippen LogP contribution < -0.4 is 10.6 Å². The summed E-state index contributed by atoms with van der Waals surface area (Å²) in [5.41, 5.74) is 1.37. The second kappa shape index (κ2) is 7.46. The summed E-state index contributed by atoms with van der Waals surface area (Å²) >= 11 is 0. The van der Waals surface area contributed by atoms with Gasteiger partial charge in [-0.2, -0.15) is 0 Å². The SMILES string of the molecule is CN[C@@H](c1ccccc1)[C@@H](C)CNCC(C)C. The number of nitrogens with one attached hydrogen (secondary N) is 2. The summed E-state index contributed by atoms with van der Waals surface area (Å²) in [7, 11) is 2.04. The topological polar surface area (TPSA) is 24.1 Å². The van der Waals surface area contributed by atoms with Gasteiger partial charge in [0.25, 0.3) is 0 Å². The Morgan fingerprint density at radius 3 is 2.18 bits per heavy atom. The normalized spacial score (nSPS) is 14.9. The van der Waals surface area contributed by atoms with Gasteiger partial charge in [-0.05, 0) is 37.5 Å². The molecular weight excluding hydrogens is 208 g/mol. The van der Waals surface area contributed by atoms with Crippen LogP contribution in [0.4, 0.5) is 0 Å². The second-order valence-corrected chi connectivity index (χ2v) is 5.21. The van der Waals surface area contributed by atoms with Crippen LogP contribution in [-0.2, 0) is 0 Å². The highest BCUT2D eigenvalue weighted by molar-refractivity contribution is 5.19. The summed E-state index contributed by atoms with van der Waals surface area (Å²) < 4.78 is 0. The summed E-state index contributed by atoms with van der Waals surface area (Å²) in [5.74, 6) is 1.30. The maximum absolute atomic E-state index is 3.53. The third-order valence-electron chi connectivity index (χ3n) is 3.06. The van der Waals surface area contributed by atoms with Gasteiger partial charge in [-0.3, -0.25) is 0 Å². The standard InChI is InChI=1S/C15H26N2/c1-12(2)10-17-11-13(3)15(16-4)14-8-6-5-7-9-14/h5-9,12-13,15-17H,10-11H2,1-4H3/t13-,15+/m0/s1. The second-order valence-electron chi connectivity index (χ2n) is 5.21. The molecule has 0 fully saturated rings.